The van der Waals surface area contributed by atoms with Gasteiger partial charge in [-0.25, -0.2) is 0 Å². The second-order valence-electron chi connectivity index (χ2n) is 6.54. The van der Waals surface area contributed by atoms with Gasteiger partial charge in [-0.15, -0.1) is 0 Å². The van der Waals surface area contributed by atoms with Gasteiger partial charge < -0.3 is 5.32 Å². The van der Waals surface area contributed by atoms with E-state index in [1.54, 1.807) is 0 Å². The van der Waals surface area contributed by atoms with Gasteiger partial charge in [-0.3, -0.25) is 9.11 Å². The van der Waals surface area contributed by atoms with Gasteiger partial charge in [-0.1, -0.05) is 43.2 Å². The highest BCUT2D eigenvalue weighted by Gasteiger charge is 2.41. The fraction of sp³-hybridized carbons (Fsp3) is 0.647. The van der Waals surface area contributed by atoms with Gasteiger partial charge in [0.1, 0.15) is 0 Å². The van der Waals surface area contributed by atoms with Crippen LogP contribution in [0.1, 0.15) is 37.3 Å². The molecule has 0 bridgehead atoms. The molecule has 2 unspecified atom stereocenters. The monoisotopic (exact) mass is 306 g/mol. The van der Waals surface area contributed by atoms with E-state index in [0.717, 1.165) is 25.4 Å². The van der Waals surface area contributed by atoms with Gasteiger partial charge in [-0.05, 0) is 18.4 Å². The summed E-state index contributed by atoms with van der Waals surface area (Å²) in [5.74, 6) is 0.777. The van der Waals surface area contributed by atoms with Gasteiger partial charge in [0.05, 0.1) is 0 Å². The van der Waals surface area contributed by atoms with E-state index in [9.17, 15) is 4.21 Å². The Balaban J connectivity index is 1.76. The summed E-state index contributed by atoms with van der Waals surface area (Å²) in [5.41, 5.74) is 1.69. The fourth-order valence-electron chi connectivity index (χ4n) is 3.87. The van der Waals surface area contributed by atoms with E-state index in [1.165, 1.54) is 31.2 Å². The van der Waals surface area contributed by atoms with Crippen molar-refractivity contribution < 1.29 is 4.21 Å². The lowest BCUT2D eigenvalue weighted by molar-refractivity contribution is 0.0862. The van der Waals surface area contributed by atoms with Crippen molar-refractivity contribution in [2.45, 2.75) is 37.3 Å². The van der Waals surface area contributed by atoms with Gasteiger partial charge in [0.15, 0.2) is 0 Å². The maximum absolute atomic E-state index is 11.5. The molecule has 2 atom stereocenters. The predicted octanol–water partition coefficient (Wildman–Crippen LogP) is 2.32. The summed E-state index contributed by atoms with van der Waals surface area (Å²) in [6, 6.07) is 11.2. The highest BCUT2D eigenvalue weighted by Crippen LogP contribution is 2.36. The van der Waals surface area contributed by atoms with Crippen LogP contribution in [0.2, 0.25) is 0 Å². The Morgan fingerprint density at radius 1 is 1.29 bits per heavy atom. The first-order chi connectivity index (χ1) is 10.2. The Morgan fingerprint density at radius 2 is 2.00 bits per heavy atom. The topological polar surface area (TPSA) is 32.3 Å². The normalized spacial score (nSPS) is 27.0. The Kier molecular flexibility index (Phi) is 4.77. The number of piperazine rings is 1. The summed E-state index contributed by atoms with van der Waals surface area (Å²) in [6.07, 6.45) is 7.08. The van der Waals surface area contributed by atoms with E-state index in [4.69, 9.17) is 0 Å². The third-order valence-corrected chi connectivity index (χ3v) is 5.79. The zero-order valence-corrected chi connectivity index (χ0v) is 13.7. The Morgan fingerprint density at radius 3 is 2.67 bits per heavy atom. The minimum absolute atomic E-state index is 0.320. The second kappa shape index (κ2) is 6.59. The number of rotatable bonds is 4. The van der Waals surface area contributed by atoms with Crippen molar-refractivity contribution in [3.63, 3.8) is 0 Å². The summed E-state index contributed by atoms with van der Waals surface area (Å²) in [5, 5.41) is 3.84. The highest BCUT2D eigenvalue weighted by atomic mass is 32.2. The minimum Gasteiger partial charge on any atom is -0.308 e. The summed E-state index contributed by atoms with van der Waals surface area (Å²) in [4.78, 5) is 2.57. The van der Waals surface area contributed by atoms with Crippen LogP contribution in [0.3, 0.4) is 0 Å². The van der Waals surface area contributed by atoms with Gasteiger partial charge in [0.25, 0.3) is 0 Å². The zero-order chi connectivity index (χ0) is 14.7. The van der Waals surface area contributed by atoms with Crippen molar-refractivity contribution in [2.75, 3.05) is 31.6 Å². The molecule has 1 N–H and O–H groups in total. The highest BCUT2D eigenvalue weighted by molar-refractivity contribution is 7.84. The molecule has 0 amide bonds. The largest absolute Gasteiger partial charge is 0.308 e. The van der Waals surface area contributed by atoms with Crippen LogP contribution in [0.25, 0.3) is 0 Å². The third-order valence-electron chi connectivity index (χ3n) is 5.03. The van der Waals surface area contributed by atoms with Crippen LogP contribution in [0, 0.1) is 0 Å². The minimum atomic E-state index is -0.714. The molecule has 21 heavy (non-hydrogen) atoms. The van der Waals surface area contributed by atoms with E-state index < -0.39 is 10.8 Å². The Hall–Kier alpha value is -0.710. The van der Waals surface area contributed by atoms with Gasteiger partial charge >= 0.3 is 0 Å². The standard InChI is InChI=1S/C17H26N2OS/c1-21(20)12-11-19-14-17(9-5-6-10-17)18-13-16(19)15-7-3-2-4-8-15/h2-4,7-8,16,18H,5-6,9-14H2,1H3. The van der Waals surface area contributed by atoms with Crippen molar-refractivity contribution in [3.8, 4) is 0 Å². The van der Waals surface area contributed by atoms with Crippen LogP contribution >= 0.6 is 0 Å². The maximum atomic E-state index is 11.5. The van der Waals surface area contributed by atoms with Crippen LogP contribution in [0.15, 0.2) is 30.3 Å². The van der Waals surface area contributed by atoms with E-state index in [2.05, 4.69) is 40.5 Å². The molecule has 3 nitrogen and oxygen atoms in total. The number of hydrogen-bond acceptors (Lipinski definition) is 3. The molecular formula is C17H26N2OS. The Labute approximate surface area is 130 Å². The van der Waals surface area contributed by atoms with Crippen LogP contribution < -0.4 is 5.32 Å². The molecule has 4 heteroatoms. The average Bonchev–Trinajstić information content (AvgIpc) is 2.94. The van der Waals surface area contributed by atoms with Crippen molar-refractivity contribution >= 4 is 10.8 Å². The third kappa shape index (κ3) is 3.55. The molecule has 1 aliphatic carbocycles. The molecule has 1 aromatic rings. The average molecular weight is 306 g/mol. The molecule has 1 heterocycles. The molecule has 1 saturated heterocycles. The second-order valence-corrected chi connectivity index (χ2v) is 8.10. The lowest BCUT2D eigenvalue weighted by atomic mass is 9.90. The smallest absolute Gasteiger partial charge is 0.0474 e. The number of benzene rings is 1. The van der Waals surface area contributed by atoms with Gasteiger partial charge in [0.2, 0.25) is 0 Å². The van der Waals surface area contributed by atoms with Crippen LogP contribution in [-0.2, 0) is 10.8 Å². The first-order valence-electron chi connectivity index (χ1n) is 8.03. The van der Waals surface area contributed by atoms with Crippen LogP contribution in [-0.4, -0.2) is 46.3 Å². The first-order valence-corrected chi connectivity index (χ1v) is 9.75. The number of nitrogens with zero attached hydrogens (tertiary/aromatic N) is 1. The maximum Gasteiger partial charge on any atom is 0.0474 e. The van der Waals surface area contributed by atoms with Gasteiger partial charge in [-0.2, -0.15) is 0 Å². The fourth-order valence-corrected chi connectivity index (χ4v) is 4.36. The Bertz CT molecular complexity index is 485. The van der Waals surface area contributed by atoms with Crippen molar-refractivity contribution in [1.29, 1.82) is 0 Å². The molecule has 3 rings (SSSR count). The van der Waals surface area contributed by atoms with E-state index in [-0.39, 0.29) is 0 Å². The number of hydrogen-bond donors (Lipinski definition) is 1. The van der Waals surface area contributed by atoms with Crippen molar-refractivity contribution in [3.05, 3.63) is 35.9 Å². The first kappa shape index (κ1) is 15.2. The molecule has 1 aliphatic heterocycles. The molecule has 0 radical (unpaired) electrons. The van der Waals surface area contributed by atoms with E-state index in [0.29, 0.717) is 11.6 Å². The molecule has 116 valence electrons. The summed E-state index contributed by atoms with van der Waals surface area (Å²) < 4.78 is 11.5. The molecular weight excluding hydrogens is 280 g/mol. The lowest BCUT2D eigenvalue weighted by Crippen LogP contribution is -2.60. The van der Waals surface area contributed by atoms with Crippen molar-refractivity contribution in [1.82, 2.24) is 10.2 Å². The molecule has 1 spiro atoms. The van der Waals surface area contributed by atoms with Crippen molar-refractivity contribution in [2.24, 2.45) is 0 Å². The van der Waals surface area contributed by atoms with Crippen LogP contribution in [0.4, 0.5) is 0 Å². The van der Waals surface area contributed by atoms with E-state index in [1.807, 2.05) is 6.26 Å². The lowest BCUT2D eigenvalue weighted by Gasteiger charge is -2.46. The summed E-state index contributed by atoms with van der Waals surface area (Å²) in [7, 11) is -0.714. The molecule has 1 aromatic carbocycles. The number of nitrogens with one attached hydrogen (secondary N) is 1. The SMILES string of the molecule is CS(=O)CCN1CC2(CCCC2)NCC1c1ccccc1. The summed E-state index contributed by atoms with van der Waals surface area (Å²) in [6.45, 7) is 3.05. The molecule has 2 aliphatic rings. The zero-order valence-electron chi connectivity index (χ0n) is 12.9. The van der Waals surface area contributed by atoms with Gasteiger partial charge in [0, 0.05) is 54.0 Å². The quantitative estimate of drug-likeness (QED) is 0.926. The predicted molar refractivity (Wildman–Crippen MR) is 88.9 cm³/mol. The molecule has 0 aromatic heterocycles. The molecule has 2 fully saturated rings. The summed E-state index contributed by atoms with van der Waals surface area (Å²) >= 11 is 0. The van der Waals surface area contributed by atoms with E-state index >= 15 is 0 Å². The molecule has 1 saturated carbocycles. The van der Waals surface area contributed by atoms with Crippen LogP contribution in [0.5, 0.6) is 0 Å².